The monoisotopic (exact) mass is 385 g/mol. The zero-order valence-corrected chi connectivity index (χ0v) is 17.3. The van der Waals surface area contributed by atoms with Crippen LogP contribution in [0.2, 0.25) is 0 Å². The Morgan fingerprint density at radius 1 is 1.31 bits per heavy atom. The molecule has 2 aliphatic heterocycles. The largest absolute Gasteiger partial charge is 0.381 e. The van der Waals surface area contributed by atoms with E-state index >= 15 is 0 Å². The molecule has 7 nitrogen and oxygen atoms in total. The van der Waals surface area contributed by atoms with Crippen LogP contribution in [0.15, 0.2) is 4.99 Å². The van der Waals surface area contributed by atoms with Crippen molar-refractivity contribution in [2.45, 2.75) is 43.4 Å². The highest BCUT2D eigenvalue weighted by molar-refractivity contribution is 8.00. The first-order valence-corrected chi connectivity index (χ1v) is 10.9. The zero-order chi connectivity index (χ0) is 18.8. The van der Waals surface area contributed by atoms with E-state index in [1.807, 2.05) is 11.8 Å². The molecule has 8 heteroatoms. The third kappa shape index (κ3) is 6.63. The number of likely N-dealkylation sites (tertiary alicyclic amines) is 1. The highest BCUT2D eigenvalue weighted by Gasteiger charge is 2.31. The Kier molecular flexibility index (Phi) is 9.01. The van der Waals surface area contributed by atoms with Crippen LogP contribution in [0.1, 0.15) is 32.6 Å². The Hall–Kier alpha value is -0.990. The number of nitrogens with one attached hydrogen (secondary N) is 3. The van der Waals surface area contributed by atoms with E-state index in [1.165, 1.54) is 0 Å². The van der Waals surface area contributed by atoms with Gasteiger partial charge < -0.3 is 20.7 Å². The van der Waals surface area contributed by atoms with E-state index in [9.17, 15) is 4.79 Å². The van der Waals surface area contributed by atoms with Crippen molar-refractivity contribution in [3.63, 3.8) is 0 Å². The number of amides is 1. The van der Waals surface area contributed by atoms with Crippen molar-refractivity contribution in [3.8, 4) is 0 Å². The number of hydrogen-bond donors (Lipinski definition) is 3. The van der Waals surface area contributed by atoms with Crippen molar-refractivity contribution < 1.29 is 9.53 Å². The Bertz CT molecular complexity index is 460. The first kappa shape index (κ1) is 21.3. The van der Waals surface area contributed by atoms with Crippen LogP contribution in [0.3, 0.4) is 0 Å². The predicted octanol–water partition coefficient (Wildman–Crippen LogP) is 0.664. The number of carbonyl (C=O) groups excluding carboxylic acids is 1. The predicted molar refractivity (Wildman–Crippen MR) is 109 cm³/mol. The Labute approximate surface area is 162 Å². The van der Waals surface area contributed by atoms with Gasteiger partial charge in [-0.25, -0.2) is 0 Å². The molecule has 2 rings (SSSR count). The summed E-state index contributed by atoms with van der Waals surface area (Å²) in [4.78, 5) is 18.6. The molecule has 0 aromatic carbocycles. The molecule has 0 aliphatic carbocycles. The normalized spacial score (nSPS) is 22.0. The van der Waals surface area contributed by atoms with Gasteiger partial charge in [-0.2, -0.15) is 11.8 Å². The molecule has 2 aliphatic rings. The van der Waals surface area contributed by atoms with Crippen LogP contribution in [0, 0.1) is 0 Å². The summed E-state index contributed by atoms with van der Waals surface area (Å²) in [5, 5.41) is 9.67. The minimum absolute atomic E-state index is 0.0881. The van der Waals surface area contributed by atoms with E-state index < -0.39 is 0 Å². The number of likely N-dealkylation sites (N-methyl/N-ethyl adjacent to an activating group) is 1. The summed E-state index contributed by atoms with van der Waals surface area (Å²) >= 11 is 1.92. The Morgan fingerprint density at radius 3 is 2.58 bits per heavy atom. The van der Waals surface area contributed by atoms with Gasteiger partial charge in [0.15, 0.2) is 5.96 Å². The van der Waals surface area contributed by atoms with Gasteiger partial charge >= 0.3 is 0 Å². The average Bonchev–Trinajstić information content (AvgIpc) is 2.68. The molecule has 0 aromatic rings. The average molecular weight is 386 g/mol. The van der Waals surface area contributed by atoms with Crippen LogP contribution < -0.4 is 16.0 Å². The van der Waals surface area contributed by atoms with E-state index in [1.54, 1.807) is 7.05 Å². The second-order valence-electron chi connectivity index (χ2n) is 7.06. The van der Waals surface area contributed by atoms with Crippen molar-refractivity contribution in [2.24, 2.45) is 4.99 Å². The van der Waals surface area contributed by atoms with Crippen molar-refractivity contribution in [1.82, 2.24) is 20.9 Å². The van der Waals surface area contributed by atoms with E-state index in [2.05, 4.69) is 34.0 Å². The topological polar surface area (TPSA) is 78.0 Å². The number of ether oxygens (including phenoxy) is 1. The van der Waals surface area contributed by atoms with Gasteiger partial charge in [0.2, 0.25) is 5.91 Å². The van der Waals surface area contributed by atoms with E-state index in [0.717, 1.165) is 71.0 Å². The summed E-state index contributed by atoms with van der Waals surface area (Å²) in [6.45, 7) is 7.83. The first-order valence-electron chi connectivity index (χ1n) is 9.71. The van der Waals surface area contributed by atoms with Crippen LogP contribution in [-0.2, 0) is 9.53 Å². The Balaban J connectivity index is 1.84. The lowest BCUT2D eigenvalue weighted by Gasteiger charge is -2.35. The fourth-order valence-corrected chi connectivity index (χ4v) is 4.19. The lowest BCUT2D eigenvalue weighted by atomic mass is 9.99. The van der Waals surface area contributed by atoms with Gasteiger partial charge in [-0.3, -0.25) is 14.7 Å². The van der Waals surface area contributed by atoms with Gasteiger partial charge in [-0.15, -0.1) is 0 Å². The third-order valence-corrected chi connectivity index (χ3v) is 6.68. The van der Waals surface area contributed by atoms with E-state index in [4.69, 9.17) is 9.73 Å². The number of guanidine groups is 1. The molecule has 0 atom stereocenters. The number of thioether (sulfide) groups is 1. The molecule has 1 amide bonds. The SMILES string of the molecule is CCNC(=NCC1(SC)CCOCC1)NC1CCN(CC(=O)NC)CC1. The van der Waals surface area contributed by atoms with Crippen LogP contribution >= 0.6 is 11.8 Å². The molecule has 2 fully saturated rings. The molecule has 2 heterocycles. The molecular weight excluding hydrogens is 350 g/mol. The summed E-state index contributed by atoms with van der Waals surface area (Å²) in [7, 11) is 1.69. The van der Waals surface area contributed by atoms with Gasteiger partial charge in [0, 0.05) is 50.7 Å². The number of aliphatic imine (C=N–C) groups is 1. The van der Waals surface area contributed by atoms with Crippen LogP contribution in [0.25, 0.3) is 0 Å². The molecule has 0 spiro atoms. The quantitative estimate of drug-likeness (QED) is 0.442. The second-order valence-corrected chi connectivity index (χ2v) is 8.34. The standard InChI is InChI=1S/C18H35N5O2S/c1-4-20-17(21-14-18(26-3)7-11-25-12-8-18)22-15-5-9-23(10-6-15)13-16(24)19-2/h15H,4-14H2,1-3H3,(H,19,24)(H2,20,21,22). The first-order chi connectivity index (χ1) is 12.6. The number of piperidine rings is 1. The zero-order valence-electron chi connectivity index (χ0n) is 16.5. The minimum atomic E-state index is 0.0881. The summed E-state index contributed by atoms with van der Waals surface area (Å²) in [5.41, 5.74) is 0. The van der Waals surface area contributed by atoms with Crippen molar-refractivity contribution >= 4 is 23.6 Å². The van der Waals surface area contributed by atoms with Gasteiger partial charge in [-0.05, 0) is 38.9 Å². The molecule has 0 saturated carbocycles. The van der Waals surface area contributed by atoms with Crippen molar-refractivity contribution in [2.75, 3.05) is 59.2 Å². The highest BCUT2D eigenvalue weighted by atomic mass is 32.2. The maximum absolute atomic E-state index is 11.5. The lowest BCUT2D eigenvalue weighted by molar-refractivity contribution is -0.122. The smallest absolute Gasteiger partial charge is 0.233 e. The molecular formula is C18H35N5O2S. The van der Waals surface area contributed by atoms with Gasteiger partial charge in [-0.1, -0.05) is 0 Å². The molecule has 0 bridgehead atoms. The van der Waals surface area contributed by atoms with Gasteiger partial charge in [0.1, 0.15) is 0 Å². The molecule has 0 unspecified atom stereocenters. The number of nitrogens with zero attached hydrogens (tertiary/aromatic N) is 2. The van der Waals surface area contributed by atoms with Crippen LogP contribution in [-0.4, -0.2) is 86.8 Å². The van der Waals surface area contributed by atoms with Gasteiger partial charge in [0.25, 0.3) is 0 Å². The third-order valence-electron chi connectivity index (χ3n) is 5.28. The highest BCUT2D eigenvalue weighted by Crippen LogP contribution is 2.33. The molecule has 2 saturated heterocycles. The van der Waals surface area contributed by atoms with Crippen molar-refractivity contribution in [1.29, 1.82) is 0 Å². The summed E-state index contributed by atoms with van der Waals surface area (Å²) in [5.74, 6) is 1.00. The second kappa shape index (κ2) is 11.0. The lowest BCUT2D eigenvalue weighted by Crippen LogP contribution is -2.50. The van der Waals surface area contributed by atoms with E-state index in [-0.39, 0.29) is 10.7 Å². The molecule has 0 aromatic heterocycles. The number of carbonyl (C=O) groups is 1. The van der Waals surface area contributed by atoms with Crippen LogP contribution in [0.4, 0.5) is 0 Å². The molecule has 3 N–H and O–H groups in total. The minimum Gasteiger partial charge on any atom is -0.381 e. The summed E-state index contributed by atoms with van der Waals surface area (Å²) in [6.07, 6.45) is 6.37. The maximum Gasteiger partial charge on any atom is 0.233 e. The van der Waals surface area contributed by atoms with Crippen molar-refractivity contribution in [3.05, 3.63) is 0 Å². The molecule has 0 radical (unpaired) electrons. The Morgan fingerprint density at radius 2 is 2.00 bits per heavy atom. The fraction of sp³-hybridized carbons (Fsp3) is 0.889. The van der Waals surface area contributed by atoms with E-state index in [0.29, 0.717) is 12.6 Å². The van der Waals surface area contributed by atoms with Crippen LogP contribution in [0.5, 0.6) is 0 Å². The molecule has 26 heavy (non-hydrogen) atoms. The number of hydrogen-bond acceptors (Lipinski definition) is 5. The fourth-order valence-electron chi connectivity index (χ4n) is 3.42. The van der Waals surface area contributed by atoms with Gasteiger partial charge in [0.05, 0.1) is 13.1 Å². The summed E-state index contributed by atoms with van der Waals surface area (Å²) < 4.78 is 5.73. The maximum atomic E-state index is 11.5. The summed E-state index contributed by atoms with van der Waals surface area (Å²) in [6, 6.07) is 0.411. The number of rotatable bonds is 7. The molecule has 150 valence electrons.